The second kappa shape index (κ2) is 16.0. The quantitative estimate of drug-likeness (QED) is 0.163. The first-order valence-electron chi connectivity index (χ1n) is 26.2. The number of para-hydroxylation sites is 8. The Kier molecular flexibility index (Phi) is 8.81. The summed E-state index contributed by atoms with van der Waals surface area (Å²) in [6.07, 6.45) is 0. The van der Waals surface area contributed by atoms with E-state index in [-0.39, 0.29) is 0 Å². The molecule has 10 aromatic carbocycles. The summed E-state index contributed by atoms with van der Waals surface area (Å²) in [5.41, 5.74) is 9.80. The summed E-state index contributed by atoms with van der Waals surface area (Å²) < 4.78 is 43.4. The van der Waals surface area contributed by atoms with Gasteiger partial charge < -0.3 is 27.1 Å². The number of hydrogen-bond acceptors (Lipinski definition) is 8. The predicted molar refractivity (Wildman–Crippen MR) is 305 cm³/mol. The third-order valence-corrected chi connectivity index (χ3v) is 16.2. The molecule has 3 aliphatic rings. The Balaban J connectivity index is 1.05. The van der Waals surface area contributed by atoms with E-state index in [1.165, 1.54) is 0 Å². The summed E-state index contributed by atoms with van der Waals surface area (Å²) in [5, 5.41) is 3.94. The lowest BCUT2D eigenvalue weighted by atomic mass is 9.54. The van der Waals surface area contributed by atoms with Crippen LogP contribution in [0.3, 0.4) is 0 Å². The lowest BCUT2D eigenvalue weighted by Crippen LogP contribution is -2.46. The minimum atomic E-state index is -1.18. The molecule has 1 aliphatic carbocycles. The van der Waals surface area contributed by atoms with Crippen LogP contribution in [0.5, 0.6) is 23.0 Å². The molecule has 14 aromatic rings. The molecule has 0 atom stereocenters. The molecule has 0 bridgehead atoms. The minimum Gasteiger partial charge on any atom is -0.457 e. The van der Waals surface area contributed by atoms with E-state index in [0.717, 1.165) is 100 Å². The molecule has 0 unspecified atom stereocenters. The van der Waals surface area contributed by atoms with Gasteiger partial charge in [0.15, 0.2) is 0 Å². The molecule has 0 saturated heterocycles. The van der Waals surface area contributed by atoms with Gasteiger partial charge in [-0.3, -0.25) is 9.80 Å². The SMILES string of the molecule is c1ccc(N(c2cc3c(o2)C2(c4ccccc4Oc4ccccc42)c2cc(N(c4ccccc4)c4cccc5oc6ccccc6c45)oc2C32c3ccccc3Oc3ccccc32)c2cccc3oc4ccccc4c23)cc1. The highest BCUT2D eigenvalue weighted by Crippen LogP contribution is 2.69. The van der Waals surface area contributed by atoms with Gasteiger partial charge in [-0.25, -0.2) is 0 Å². The summed E-state index contributed by atoms with van der Waals surface area (Å²) in [7, 11) is 0. The van der Waals surface area contributed by atoms with Crippen molar-refractivity contribution in [1.82, 2.24) is 0 Å². The molecule has 4 aromatic heterocycles. The third-order valence-electron chi connectivity index (χ3n) is 16.2. The fourth-order valence-electron chi connectivity index (χ4n) is 13.2. The second-order valence-electron chi connectivity index (χ2n) is 20.2. The number of ether oxygens (including phenoxy) is 2. The number of hydrogen-bond donors (Lipinski definition) is 0. The first kappa shape index (κ1) is 42.9. The second-order valence-corrected chi connectivity index (χ2v) is 20.2. The molecule has 2 aliphatic heterocycles. The highest BCUT2D eigenvalue weighted by Gasteiger charge is 2.63. The highest BCUT2D eigenvalue weighted by molar-refractivity contribution is 6.14. The van der Waals surface area contributed by atoms with Crippen molar-refractivity contribution in [3.8, 4) is 23.0 Å². The van der Waals surface area contributed by atoms with Crippen LogP contribution in [0.4, 0.5) is 34.5 Å². The van der Waals surface area contributed by atoms with Crippen molar-refractivity contribution in [2.45, 2.75) is 10.8 Å². The van der Waals surface area contributed by atoms with Crippen molar-refractivity contribution in [3.05, 3.63) is 300 Å². The Bertz CT molecular complexity index is 4300. The van der Waals surface area contributed by atoms with Gasteiger partial charge in [0.05, 0.1) is 22.1 Å². The molecule has 0 fully saturated rings. The molecule has 0 radical (unpaired) electrons. The molecule has 17 rings (SSSR count). The van der Waals surface area contributed by atoms with E-state index in [1.54, 1.807) is 0 Å². The van der Waals surface area contributed by atoms with Crippen LogP contribution in [-0.4, -0.2) is 0 Å². The van der Waals surface area contributed by atoms with E-state index in [4.69, 9.17) is 27.1 Å². The van der Waals surface area contributed by atoms with Gasteiger partial charge in [0.1, 0.15) is 67.7 Å². The zero-order valence-corrected chi connectivity index (χ0v) is 41.6. The molecule has 6 heterocycles. The number of furan rings is 4. The zero-order chi connectivity index (χ0) is 51.1. The molecule has 0 saturated carbocycles. The summed E-state index contributed by atoms with van der Waals surface area (Å²) in [6.45, 7) is 0. The van der Waals surface area contributed by atoms with Gasteiger partial charge in [0.2, 0.25) is 11.8 Å². The molecule has 8 nitrogen and oxygen atoms in total. The number of fused-ring (bicyclic) bond motifs is 20. The van der Waals surface area contributed by atoms with E-state index in [2.05, 4.69) is 192 Å². The fraction of sp³-hybridized carbons (Fsp3) is 0.0286. The predicted octanol–water partition coefficient (Wildman–Crippen LogP) is 18.9. The lowest BCUT2D eigenvalue weighted by molar-refractivity contribution is 0.353. The monoisotopic (exact) mass is 1010 g/mol. The van der Waals surface area contributed by atoms with Crippen molar-refractivity contribution >= 4 is 78.4 Å². The molecular formula is C70H42N2O6. The van der Waals surface area contributed by atoms with E-state index in [9.17, 15) is 0 Å². The number of anilines is 6. The van der Waals surface area contributed by atoms with E-state index >= 15 is 0 Å². The largest absolute Gasteiger partial charge is 0.457 e. The van der Waals surface area contributed by atoms with E-state index in [0.29, 0.717) is 46.3 Å². The van der Waals surface area contributed by atoms with Gasteiger partial charge in [-0.15, -0.1) is 0 Å². The topological polar surface area (TPSA) is 77.5 Å². The lowest BCUT2D eigenvalue weighted by Gasteiger charge is -2.48. The van der Waals surface area contributed by atoms with Crippen molar-refractivity contribution in [2.24, 2.45) is 0 Å². The van der Waals surface area contributed by atoms with Crippen LogP contribution in [0.1, 0.15) is 44.9 Å². The maximum absolute atomic E-state index is 8.10. The van der Waals surface area contributed by atoms with Crippen LogP contribution < -0.4 is 19.3 Å². The number of nitrogens with zero attached hydrogens (tertiary/aromatic N) is 2. The average Bonchev–Trinajstić information content (AvgIpc) is 4.47. The van der Waals surface area contributed by atoms with E-state index in [1.807, 2.05) is 72.8 Å². The van der Waals surface area contributed by atoms with Crippen LogP contribution >= 0.6 is 0 Å². The molecule has 0 N–H and O–H groups in total. The summed E-state index contributed by atoms with van der Waals surface area (Å²) in [4.78, 5) is 4.47. The smallest absolute Gasteiger partial charge is 0.205 e. The standard InChI is InChI=1S/C70H42N2O6/c1-3-21-43(22-4-1)71(53-31-19-39-61-65(53)45-25-7-13-33-55(45)73-61)63-41-51-67(77-63)70(49-29-11-17-37-59(49)76-60-38-18-12-30-50(60)70)52-42-64(78-68(52)69(51)47-27-9-15-35-57(47)75-58-36-16-10-28-48(58)69)72(44-23-5-2-6-24-44)54-32-20-40-62-66(54)46-26-8-14-34-56(46)74-62/h1-42H. The number of rotatable bonds is 6. The third kappa shape index (κ3) is 5.67. The van der Waals surface area contributed by atoms with Gasteiger partial charge in [0, 0.05) is 67.7 Å². The fourth-order valence-corrected chi connectivity index (χ4v) is 13.2. The molecule has 2 spiro atoms. The Hall–Kier alpha value is -10.4. The minimum absolute atomic E-state index is 0.598. The average molecular weight is 1010 g/mol. The van der Waals surface area contributed by atoms with Gasteiger partial charge in [-0.2, -0.15) is 0 Å². The Morgan fingerprint density at radius 3 is 1.00 bits per heavy atom. The maximum Gasteiger partial charge on any atom is 0.205 e. The summed E-state index contributed by atoms with van der Waals surface area (Å²) in [6, 6.07) is 87.8. The first-order chi connectivity index (χ1) is 38.7. The van der Waals surface area contributed by atoms with Crippen LogP contribution in [0.2, 0.25) is 0 Å². The number of benzene rings is 10. The van der Waals surface area contributed by atoms with Gasteiger partial charge in [-0.05, 0) is 84.9 Å². The maximum atomic E-state index is 8.10. The molecule has 368 valence electrons. The molecule has 8 heteroatoms. The van der Waals surface area contributed by atoms with Crippen LogP contribution in [0, 0.1) is 0 Å². The van der Waals surface area contributed by atoms with Gasteiger partial charge in [-0.1, -0.05) is 158 Å². The van der Waals surface area contributed by atoms with Crippen LogP contribution in [0.25, 0.3) is 43.9 Å². The highest BCUT2D eigenvalue weighted by atomic mass is 16.5. The Morgan fingerprint density at radius 2 is 0.603 bits per heavy atom. The molecule has 78 heavy (non-hydrogen) atoms. The normalized spacial score (nSPS) is 14.1. The van der Waals surface area contributed by atoms with Gasteiger partial charge in [0.25, 0.3) is 0 Å². The van der Waals surface area contributed by atoms with Crippen molar-refractivity contribution in [3.63, 3.8) is 0 Å². The van der Waals surface area contributed by atoms with Crippen molar-refractivity contribution in [2.75, 3.05) is 9.80 Å². The Morgan fingerprint density at radius 1 is 0.269 bits per heavy atom. The Labute approximate surface area is 446 Å². The summed E-state index contributed by atoms with van der Waals surface area (Å²) >= 11 is 0. The van der Waals surface area contributed by atoms with Crippen molar-refractivity contribution < 1.29 is 27.1 Å². The van der Waals surface area contributed by atoms with Crippen molar-refractivity contribution in [1.29, 1.82) is 0 Å². The molecule has 0 amide bonds. The van der Waals surface area contributed by atoms with Crippen LogP contribution in [0.15, 0.2) is 272 Å². The first-order valence-corrected chi connectivity index (χ1v) is 26.2. The van der Waals surface area contributed by atoms with Crippen LogP contribution in [-0.2, 0) is 10.8 Å². The molecular weight excluding hydrogens is 965 g/mol. The van der Waals surface area contributed by atoms with E-state index < -0.39 is 10.8 Å². The van der Waals surface area contributed by atoms with Gasteiger partial charge >= 0.3 is 0 Å². The zero-order valence-electron chi connectivity index (χ0n) is 41.6. The summed E-state index contributed by atoms with van der Waals surface area (Å²) in [5.74, 6) is 5.46.